The predicted octanol–water partition coefficient (Wildman–Crippen LogP) is 3.41. The topological polar surface area (TPSA) is 38.0 Å². The second-order valence-corrected chi connectivity index (χ2v) is 6.34. The Balaban J connectivity index is 2.00. The molecular weight excluding hydrogens is 260 g/mol. The molecule has 1 saturated carbocycles. The van der Waals surface area contributed by atoms with Crippen molar-refractivity contribution in [2.75, 3.05) is 11.6 Å². The van der Waals surface area contributed by atoms with Crippen LogP contribution < -0.4 is 11.1 Å². The normalized spacial score (nSPS) is 23.6. The second-order valence-electron chi connectivity index (χ2n) is 4.76. The molecule has 0 aliphatic heterocycles. The lowest BCUT2D eigenvalue weighted by molar-refractivity contribution is 0.473. The van der Waals surface area contributed by atoms with Gasteiger partial charge in [-0.1, -0.05) is 24.4 Å². The molecule has 4 heteroatoms. The summed E-state index contributed by atoms with van der Waals surface area (Å²) in [5.74, 6) is 0. The van der Waals surface area contributed by atoms with Gasteiger partial charge in [0.15, 0.2) is 0 Å². The van der Waals surface area contributed by atoms with Gasteiger partial charge in [-0.15, -0.1) is 0 Å². The third-order valence-corrected chi connectivity index (χ3v) is 4.92. The lowest BCUT2D eigenvalue weighted by Gasteiger charge is -2.29. The van der Waals surface area contributed by atoms with Crippen LogP contribution in [-0.4, -0.2) is 22.5 Å². The molecule has 1 aliphatic rings. The standard InChI is InChI=1S/C14H20N2S2/c1-18-11-8-6-10(7-9-11)16-13-5-3-2-4-12(13)14(15)17/h2-5,10-11,16H,6-9H2,1H3,(H2,15,17). The van der Waals surface area contributed by atoms with E-state index in [1.54, 1.807) is 0 Å². The first-order valence-electron chi connectivity index (χ1n) is 6.39. The summed E-state index contributed by atoms with van der Waals surface area (Å²) in [6.07, 6.45) is 7.27. The zero-order chi connectivity index (χ0) is 13.0. The number of rotatable bonds is 4. The molecule has 0 aromatic heterocycles. The molecule has 18 heavy (non-hydrogen) atoms. The molecule has 0 saturated heterocycles. The van der Waals surface area contributed by atoms with Crippen LogP contribution in [0.15, 0.2) is 24.3 Å². The highest BCUT2D eigenvalue weighted by Gasteiger charge is 2.20. The summed E-state index contributed by atoms with van der Waals surface area (Å²) in [5.41, 5.74) is 7.79. The van der Waals surface area contributed by atoms with Crippen molar-refractivity contribution in [3.8, 4) is 0 Å². The van der Waals surface area contributed by atoms with Crippen LogP contribution in [0.3, 0.4) is 0 Å². The smallest absolute Gasteiger partial charge is 0.106 e. The van der Waals surface area contributed by atoms with E-state index in [2.05, 4.69) is 17.6 Å². The zero-order valence-electron chi connectivity index (χ0n) is 10.7. The molecule has 1 fully saturated rings. The third kappa shape index (κ3) is 3.39. The van der Waals surface area contributed by atoms with Crippen molar-refractivity contribution in [2.45, 2.75) is 37.0 Å². The molecule has 0 amide bonds. The first kappa shape index (κ1) is 13.7. The number of nitrogens with two attached hydrogens (primary N) is 1. The predicted molar refractivity (Wildman–Crippen MR) is 85.5 cm³/mol. The molecule has 1 aromatic rings. The molecule has 98 valence electrons. The van der Waals surface area contributed by atoms with E-state index in [1.165, 1.54) is 25.7 Å². The zero-order valence-corrected chi connectivity index (χ0v) is 12.3. The van der Waals surface area contributed by atoms with E-state index < -0.39 is 0 Å². The van der Waals surface area contributed by atoms with Crippen LogP contribution in [0.25, 0.3) is 0 Å². The fraction of sp³-hybridized carbons (Fsp3) is 0.500. The van der Waals surface area contributed by atoms with Gasteiger partial charge in [-0.3, -0.25) is 0 Å². The van der Waals surface area contributed by atoms with E-state index in [-0.39, 0.29) is 0 Å². The molecule has 0 bridgehead atoms. The van der Waals surface area contributed by atoms with Gasteiger partial charge >= 0.3 is 0 Å². The summed E-state index contributed by atoms with van der Waals surface area (Å²) in [4.78, 5) is 0.468. The van der Waals surface area contributed by atoms with Gasteiger partial charge in [0.2, 0.25) is 0 Å². The van der Waals surface area contributed by atoms with Crippen molar-refractivity contribution >= 4 is 34.7 Å². The van der Waals surface area contributed by atoms with Gasteiger partial charge in [0, 0.05) is 22.5 Å². The van der Waals surface area contributed by atoms with Crippen molar-refractivity contribution in [3.63, 3.8) is 0 Å². The van der Waals surface area contributed by atoms with Crippen LogP contribution in [0, 0.1) is 0 Å². The monoisotopic (exact) mass is 280 g/mol. The maximum atomic E-state index is 5.75. The van der Waals surface area contributed by atoms with Crippen molar-refractivity contribution in [1.29, 1.82) is 0 Å². The summed E-state index contributed by atoms with van der Waals surface area (Å²) in [6, 6.07) is 8.61. The van der Waals surface area contributed by atoms with Crippen molar-refractivity contribution in [2.24, 2.45) is 5.73 Å². The Hall–Kier alpha value is -0.740. The van der Waals surface area contributed by atoms with Gasteiger partial charge in [0.1, 0.15) is 4.99 Å². The van der Waals surface area contributed by atoms with E-state index in [1.807, 2.05) is 30.0 Å². The fourth-order valence-electron chi connectivity index (χ4n) is 2.49. The van der Waals surface area contributed by atoms with Gasteiger partial charge in [-0.2, -0.15) is 11.8 Å². The lowest BCUT2D eigenvalue weighted by atomic mass is 9.94. The molecule has 0 radical (unpaired) electrons. The third-order valence-electron chi connectivity index (χ3n) is 3.56. The van der Waals surface area contributed by atoms with E-state index in [0.717, 1.165) is 16.5 Å². The van der Waals surface area contributed by atoms with Crippen LogP contribution in [0.1, 0.15) is 31.2 Å². The van der Waals surface area contributed by atoms with Crippen LogP contribution in [0.5, 0.6) is 0 Å². The Kier molecular flexibility index (Phi) is 4.89. The van der Waals surface area contributed by atoms with Crippen LogP contribution in [0.2, 0.25) is 0 Å². The Labute approximate surface area is 119 Å². The Bertz CT molecular complexity index is 412. The maximum absolute atomic E-state index is 5.75. The molecule has 0 heterocycles. The van der Waals surface area contributed by atoms with Gasteiger partial charge in [0.05, 0.1) is 0 Å². The molecule has 3 N–H and O–H groups in total. The van der Waals surface area contributed by atoms with E-state index in [0.29, 0.717) is 11.0 Å². The Morgan fingerprint density at radius 1 is 1.28 bits per heavy atom. The molecule has 0 spiro atoms. The van der Waals surface area contributed by atoms with Crippen LogP contribution in [-0.2, 0) is 0 Å². The number of anilines is 1. The first-order valence-corrected chi connectivity index (χ1v) is 8.08. The fourth-order valence-corrected chi connectivity index (χ4v) is 3.41. The largest absolute Gasteiger partial charge is 0.389 e. The molecule has 0 unspecified atom stereocenters. The average molecular weight is 280 g/mol. The van der Waals surface area contributed by atoms with Gasteiger partial charge in [-0.05, 0) is 44.1 Å². The highest BCUT2D eigenvalue weighted by atomic mass is 32.2. The van der Waals surface area contributed by atoms with Crippen LogP contribution in [0.4, 0.5) is 5.69 Å². The molecule has 2 nitrogen and oxygen atoms in total. The van der Waals surface area contributed by atoms with Crippen molar-refractivity contribution in [1.82, 2.24) is 0 Å². The minimum atomic E-state index is 0.468. The maximum Gasteiger partial charge on any atom is 0.106 e. The number of para-hydroxylation sites is 1. The highest BCUT2D eigenvalue weighted by Crippen LogP contribution is 2.29. The summed E-state index contributed by atoms with van der Waals surface area (Å²) < 4.78 is 0. The summed E-state index contributed by atoms with van der Waals surface area (Å²) in [5, 5.41) is 4.44. The van der Waals surface area contributed by atoms with Gasteiger partial charge < -0.3 is 11.1 Å². The molecule has 1 aromatic carbocycles. The summed E-state index contributed by atoms with van der Waals surface area (Å²) in [6.45, 7) is 0. The van der Waals surface area contributed by atoms with E-state index in [9.17, 15) is 0 Å². The molecule has 1 aliphatic carbocycles. The lowest BCUT2D eigenvalue weighted by Crippen LogP contribution is -2.28. The number of benzene rings is 1. The van der Waals surface area contributed by atoms with E-state index in [4.69, 9.17) is 18.0 Å². The number of nitrogens with one attached hydrogen (secondary N) is 1. The highest BCUT2D eigenvalue weighted by molar-refractivity contribution is 7.99. The molecular formula is C14H20N2S2. The number of hydrogen-bond acceptors (Lipinski definition) is 3. The number of thioether (sulfide) groups is 1. The van der Waals surface area contributed by atoms with Crippen molar-refractivity contribution in [3.05, 3.63) is 29.8 Å². The minimum absolute atomic E-state index is 0.468. The van der Waals surface area contributed by atoms with E-state index >= 15 is 0 Å². The number of hydrogen-bond donors (Lipinski definition) is 2. The average Bonchev–Trinajstić information content (AvgIpc) is 2.40. The second kappa shape index (κ2) is 6.43. The van der Waals surface area contributed by atoms with Gasteiger partial charge in [-0.25, -0.2) is 0 Å². The quantitative estimate of drug-likeness (QED) is 0.829. The first-order chi connectivity index (χ1) is 8.70. The Morgan fingerprint density at radius 2 is 1.94 bits per heavy atom. The van der Waals surface area contributed by atoms with Crippen molar-refractivity contribution < 1.29 is 0 Å². The van der Waals surface area contributed by atoms with Gasteiger partial charge in [0.25, 0.3) is 0 Å². The summed E-state index contributed by atoms with van der Waals surface area (Å²) >= 11 is 7.08. The molecule has 2 rings (SSSR count). The number of thiocarbonyl (C=S) groups is 1. The summed E-state index contributed by atoms with van der Waals surface area (Å²) in [7, 11) is 0. The SMILES string of the molecule is CSC1CCC(Nc2ccccc2C(N)=S)CC1. The minimum Gasteiger partial charge on any atom is -0.389 e. The molecule has 0 atom stereocenters. The van der Waals surface area contributed by atoms with Crippen LogP contribution >= 0.6 is 24.0 Å². The Morgan fingerprint density at radius 3 is 2.56 bits per heavy atom.